The molecule has 0 aliphatic rings. The Kier molecular flexibility index (Phi) is 8.14. The van der Waals surface area contributed by atoms with Crippen LogP contribution in [0.25, 0.3) is 0 Å². The van der Waals surface area contributed by atoms with E-state index < -0.39 is 23.8 Å². The molecule has 1 aromatic carbocycles. The fourth-order valence-electron chi connectivity index (χ4n) is 2.17. The first kappa shape index (κ1) is 20.4. The number of hydrogen-bond donors (Lipinski definition) is 3. The number of benzene rings is 1. The number of halogens is 1. The zero-order chi connectivity index (χ0) is 18.2. The zero-order valence-corrected chi connectivity index (χ0v) is 14.4. The highest BCUT2D eigenvalue weighted by Gasteiger charge is 2.48. The normalized spacial score (nSPS) is 11.7. The van der Waals surface area contributed by atoms with Gasteiger partial charge in [0, 0.05) is 31.2 Å². The van der Waals surface area contributed by atoms with Crippen molar-refractivity contribution in [3.8, 4) is 0 Å². The van der Waals surface area contributed by atoms with Gasteiger partial charge in [-0.2, -0.15) is 0 Å². The van der Waals surface area contributed by atoms with Gasteiger partial charge in [0.1, 0.15) is 0 Å². The minimum absolute atomic E-state index is 0.0246. The molecule has 0 saturated carbocycles. The molecule has 8 heteroatoms. The van der Waals surface area contributed by atoms with Crippen LogP contribution in [0.5, 0.6) is 0 Å². The van der Waals surface area contributed by atoms with Crippen molar-refractivity contribution in [2.24, 2.45) is 0 Å². The van der Waals surface area contributed by atoms with Crippen molar-refractivity contribution in [1.82, 2.24) is 5.32 Å². The average Bonchev–Trinajstić information content (AvgIpc) is 2.52. The van der Waals surface area contributed by atoms with Gasteiger partial charge in [-0.05, 0) is 25.5 Å². The molecule has 134 valence electrons. The van der Waals surface area contributed by atoms with Crippen LogP contribution in [0.1, 0.15) is 25.8 Å². The maximum absolute atomic E-state index is 11.7. The van der Waals surface area contributed by atoms with E-state index in [0.29, 0.717) is 10.6 Å². The van der Waals surface area contributed by atoms with E-state index in [-0.39, 0.29) is 26.2 Å². The lowest BCUT2D eigenvalue weighted by Crippen LogP contribution is -2.60. The van der Waals surface area contributed by atoms with Crippen molar-refractivity contribution >= 4 is 23.5 Å². The van der Waals surface area contributed by atoms with Crippen molar-refractivity contribution in [1.29, 1.82) is 0 Å². The second kappa shape index (κ2) is 9.58. The minimum Gasteiger partial charge on any atom is -0.479 e. The van der Waals surface area contributed by atoms with Crippen molar-refractivity contribution in [3.05, 3.63) is 34.9 Å². The minimum atomic E-state index is -2.26. The fourth-order valence-corrected chi connectivity index (χ4v) is 2.37. The number of nitrogens with one attached hydrogen (secondary N) is 1. The summed E-state index contributed by atoms with van der Waals surface area (Å²) in [4.78, 5) is 23.5. The number of carboxylic acid groups (broad SMARTS) is 2. The summed E-state index contributed by atoms with van der Waals surface area (Å²) in [6.07, 6.45) is -1.34. The van der Waals surface area contributed by atoms with Gasteiger partial charge >= 0.3 is 11.9 Å². The summed E-state index contributed by atoms with van der Waals surface area (Å²) in [5.74, 6) is -3.04. The molecule has 0 atom stereocenters. The molecule has 1 aromatic rings. The van der Waals surface area contributed by atoms with Gasteiger partial charge in [0.15, 0.2) is 6.29 Å². The summed E-state index contributed by atoms with van der Waals surface area (Å²) >= 11 is 6.03. The number of hydrogen-bond acceptors (Lipinski definition) is 5. The van der Waals surface area contributed by atoms with E-state index in [1.54, 1.807) is 38.1 Å². The second-order valence-corrected chi connectivity index (χ2v) is 5.41. The highest BCUT2D eigenvalue weighted by molar-refractivity contribution is 6.31. The first-order valence-electron chi connectivity index (χ1n) is 7.55. The van der Waals surface area contributed by atoms with Crippen LogP contribution in [-0.4, -0.2) is 47.2 Å². The Morgan fingerprint density at radius 2 is 1.71 bits per heavy atom. The molecule has 0 aromatic heterocycles. The van der Waals surface area contributed by atoms with E-state index in [4.69, 9.17) is 21.1 Å². The van der Waals surface area contributed by atoms with E-state index in [1.807, 2.05) is 0 Å². The topological polar surface area (TPSA) is 105 Å². The summed E-state index contributed by atoms with van der Waals surface area (Å²) in [6, 6.07) is 6.79. The molecular formula is C16H22ClNO6. The predicted molar refractivity (Wildman–Crippen MR) is 88.0 cm³/mol. The summed E-state index contributed by atoms with van der Waals surface area (Å²) in [6.45, 7) is 3.94. The largest absolute Gasteiger partial charge is 0.479 e. The molecule has 1 rings (SSSR count). The smallest absolute Gasteiger partial charge is 0.335 e. The molecular weight excluding hydrogens is 338 g/mol. The van der Waals surface area contributed by atoms with Gasteiger partial charge in [-0.1, -0.05) is 29.8 Å². The SMILES string of the molecule is CCOC(CC(NCc1ccccc1Cl)(C(=O)O)C(=O)O)OCC. The van der Waals surface area contributed by atoms with E-state index in [2.05, 4.69) is 5.32 Å². The van der Waals surface area contributed by atoms with Crippen LogP contribution in [0.4, 0.5) is 0 Å². The molecule has 7 nitrogen and oxygen atoms in total. The highest BCUT2D eigenvalue weighted by Crippen LogP contribution is 2.21. The van der Waals surface area contributed by atoms with Gasteiger partial charge in [-0.3, -0.25) is 5.32 Å². The number of carboxylic acids is 2. The molecule has 0 aliphatic carbocycles. The molecule has 0 bridgehead atoms. The van der Waals surface area contributed by atoms with Crippen LogP contribution in [0.3, 0.4) is 0 Å². The van der Waals surface area contributed by atoms with Gasteiger partial charge in [-0.15, -0.1) is 0 Å². The van der Waals surface area contributed by atoms with Crippen LogP contribution in [0.15, 0.2) is 24.3 Å². The van der Waals surface area contributed by atoms with Gasteiger partial charge < -0.3 is 19.7 Å². The van der Waals surface area contributed by atoms with E-state index in [1.165, 1.54) is 0 Å². The third kappa shape index (κ3) is 5.17. The summed E-state index contributed by atoms with van der Waals surface area (Å²) in [5, 5.41) is 22.1. The Hall–Kier alpha value is -1.67. The lowest BCUT2D eigenvalue weighted by Gasteiger charge is -2.30. The Morgan fingerprint density at radius 3 is 2.17 bits per heavy atom. The molecule has 0 amide bonds. The molecule has 24 heavy (non-hydrogen) atoms. The number of aliphatic carboxylic acids is 2. The Bertz CT molecular complexity index is 545. The summed E-state index contributed by atoms with van der Waals surface area (Å²) < 4.78 is 10.6. The zero-order valence-electron chi connectivity index (χ0n) is 13.6. The van der Waals surface area contributed by atoms with Gasteiger partial charge in [0.2, 0.25) is 5.54 Å². The monoisotopic (exact) mass is 359 g/mol. The molecule has 0 radical (unpaired) electrons. The maximum atomic E-state index is 11.7. The average molecular weight is 360 g/mol. The predicted octanol–water partition coefficient (Wildman–Crippen LogP) is 2.13. The van der Waals surface area contributed by atoms with E-state index in [9.17, 15) is 19.8 Å². The first-order chi connectivity index (χ1) is 11.4. The Balaban J connectivity index is 3.03. The van der Waals surface area contributed by atoms with Crippen LogP contribution in [0.2, 0.25) is 5.02 Å². The number of carbonyl (C=O) groups is 2. The Morgan fingerprint density at radius 1 is 1.17 bits per heavy atom. The molecule has 0 fully saturated rings. The standard InChI is InChI=1S/C16H22ClNO6/c1-3-23-13(24-4-2)9-16(14(19)20,15(21)22)18-10-11-7-5-6-8-12(11)17/h5-8,13,18H,3-4,9-10H2,1-2H3,(H,19,20)(H,21,22). The highest BCUT2D eigenvalue weighted by atomic mass is 35.5. The van der Waals surface area contributed by atoms with Gasteiger partial charge in [0.05, 0.1) is 0 Å². The summed E-state index contributed by atoms with van der Waals surface area (Å²) in [7, 11) is 0. The van der Waals surface area contributed by atoms with E-state index >= 15 is 0 Å². The molecule has 0 heterocycles. The van der Waals surface area contributed by atoms with Crippen molar-refractivity contribution in [2.75, 3.05) is 13.2 Å². The van der Waals surface area contributed by atoms with E-state index in [0.717, 1.165) is 0 Å². The fraction of sp³-hybridized carbons (Fsp3) is 0.500. The van der Waals surface area contributed by atoms with Gasteiger partial charge in [0.25, 0.3) is 0 Å². The molecule has 0 spiro atoms. The van der Waals surface area contributed by atoms with Crippen molar-refractivity contribution < 1.29 is 29.3 Å². The maximum Gasteiger partial charge on any atom is 0.335 e. The first-order valence-corrected chi connectivity index (χ1v) is 7.93. The molecule has 0 aliphatic heterocycles. The summed E-state index contributed by atoms with van der Waals surface area (Å²) in [5.41, 5.74) is -1.66. The quantitative estimate of drug-likeness (QED) is 0.410. The lowest BCUT2D eigenvalue weighted by molar-refractivity contribution is -0.177. The van der Waals surface area contributed by atoms with Crippen molar-refractivity contribution in [2.45, 2.75) is 38.6 Å². The Labute approximate surface area is 145 Å². The van der Waals surface area contributed by atoms with Crippen molar-refractivity contribution in [3.63, 3.8) is 0 Å². The van der Waals surface area contributed by atoms with Gasteiger partial charge in [-0.25, -0.2) is 9.59 Å². The number of ether oxygens (including phenoxy) is 2. The van der Waals surface area contributed by atoms with Crippen LogP contribution >= 0.6 is 11.6 Å². The van der Waals surface area contributed by atoms with Crippen LogP contribution < -0.4 is 5.32 Å². The molecule has 3 N–H and O–H groups in total. The van der Waals surface area contributed by atoms with Crippen LogP contribution in [0, 0.1) is 0 Å². The van der Waals surface area contributed by atoms with Crippen LogP contribution in [-0.2, 0) is 25.6 Å². The number of rotatable bonds is 11. The second-order valence-electron chi connectivity index (χ2n) is 5.00. The third-order valence-electron chi connectivity index (χ3n) is 3.45. The third-order valence-corrected chi connectivity index (χ3v) is 3.82. The lowest BCUT2D eigenvalue weighted by atomic mass is 9.94. The molecule has 0 unspecified atom stereocenters. The molecule has 0 saturated heterocycles.